The molecular formula is C17H21F5O7S. The minimum atomic E-state index is -6.53. The van der Waals surface area contributed by atoms with E-state index in [1.165, 1.54) is 6.92 Å². The monoisotopic (exact) mass is 464 g/mol. The first-order valence-electron chi connectivity index (χ1n) is 9.02. The highest BCUT2D eigenvalue weighted by atomic mass is 32.2. The summed E-state index contributed by atoms with van der Waals surface area (Å²) in [5.41, 5.74) is 0.0680. The lowest BCUT2D eigenvalue weighted by atomic mass is 9.78. The average molecular weight is 464 g/mol. The molecular weight excluding hydrogens is 443 g/mol. The Bertz CT molecular complexity index is 823. The summed E-state index contributed by atoms with van der Waals surface area (Å²) in [6, 6.07) is 0. The second-order valence-corrected chi connectivity index (χ2v) is 9.04. The van der Waals surface area contributed by atoms with Gasteiger partial charge in [-0.3, -0.25) is 9.35 Å². The summed E-state index contributed by atoms with van der Waals surface area (Å²) in [4.78, 5) is 24.4. The minimum absolute atomic E-state index is 0.0680. The zero-order valence-electron chi connectivity index (χ0n) is 16.0. The largest absolute Gasteiger partial charge is 0.458 e. The maximum atomic E-state index is 13.7. The van der Waals surface area contributed by atoms with Crippen molar-refractivity contribution in [2.75, 3.05) is 0 Å². The highest BCUT2D eigenvalue weighted by Gasteiger charge is 2.67. The van der Waals surface area contributed by atoms with E-state index in [1.807, 2.05) is 0 Å². The van der Waals surface area contributed by atoms with E-state index < -0.39 is 69.4 Å². The molecule has 2 aliphatic carbocycles. The Morgan fingerprint density at radius 1 is 1.17 bits per heavy atom. The van der Waals surface area contributed by atoms with Crippen molar-refractivity contribution < 1.29 is 54.0 Å². The van der Waals surface area contributed by atoms with Crippen LogP contribution in [0.4, 0.5) is 22.0 Å². The maximum absolute atomic E-state index is 13.7. The SMILES string of the molecule is C=C(C)C(=O)OC1C2CCC1C(C(=O)OC(C(F)(F)F)C(F)(F)S(=O)(=O)O)C2CC. The van der Waals surface area contributed by atoms with Gasteiger partial charge >= 0.3 is 33.5 Å². The van der Waals surface area contributed by atoms with Gasteiger partial charge in [0.1, 0.15) is 6.10 Å². The van der Waals surface area contributed by atoms with E-state index in [0.717, 1.165) is 0 Å². The summed E-state index contributed by atoms with van der Waals surface area (Å²) >= 11 is 0. The van der Waals surface area contributed by atoms with Gasteiger partial charge in [0.05, 0.1) is 5.92 Å². The lowest BCUT2D eigenvalue weighted by Gasteiger charge is -2.31. The number of hydrogen-bond donors (Lipinski definition) is 1. The lowest BCUT2D eigenvalue weighted by molar-refractivity contribution is -0.261. The van der Waals surface area contributed by atoms with E-state index in [1.54, 1.807) is 6.92 Å². The highest BCUT2D eigenvalue weighted by Crippen LogP contribution is 2.56. The Kier molecular flexibility index (Phi) is 6.58. The number of carbonyl (C=O) groups excluding carboxylic acids is 2. The van der Waals surface area contributed by atoms with Gasteiger partial charge in [-0.1, -0.05) is 19.9 Å². The molecule has 0 aromatic heterocycles. The summed E-state index contributed by atoms with van der Waals surface area (Å²) in [7, 11) is -6.53. The average Bonchev–Trinajstić information content (AvgIpc) is 3.11. The summed E-state index contributed by atoms with van der Waals surface area (Å²) < 4.78 is 106. The van der Waals surface area contributed by atoms with E-state index in [2.05, 4.69) is 11.3 Å². The van der Waals surface area contributed by atoms with Crippen LogP contribution in [-0.4, -0.2) is 48.5 Å². The van der Waals surface area contributed by atoms with Crippen LogP contribution in [0, 0.1) is 23.7 Å². The number of ether oxygens (including phenoxy) is 2. The third kappa shape index (κ3) is 4.32. The third-order valence-electron chi connectivity index (χ3n) is 5.67. The number of fused-ring (bicyclic) bond motifs is 2. The number of alkyl halides is 5. The second kappa shape index (κ2) is 8.06. The fourth-order valence-electron chi connectivity index (χ4n) is 4.42. The van der Waals surface area contributed by atoms with Crippen LogP contribution in [0.5, 0.6) is 0 Å². The Labute approximate surface area is 169 Å². The van der Waals surface area contributed by atoms with Crippen molar-refractivity contribution in [1.29, 1.82) is 0 Å². The first-order chi connectivity index (χ1) is 13.5. The van der Waals surface area contributed by atoms with Crippen molar-refractivity contribution >= 4 is 22.1 Å². The van der Waals surface area contributed by atoms with Crippen LogP contribution in [0.25, 0.3) is 0 Å². The van der Waals surface area contributed by atoms with E-state index >= 15 is 0 Å². The standard InChI is InChI=1S/C17H21F5O7S/c1-4-8-9-5-6-10(12(9)28-13(23)7(2)3)11(8)14(24)29-15(16(18,19)20)17(21,22)30(25,26)27/h8-12,15H,2,4-6H2,1,3H3,(H,25,26,27). The van der Waals surface area contributed by atoms with Crippen LogP contribution in [0.15, 0.2) is 12.2 Å². The van der Waals surface area contributed by atoms with Gasteiger partial charge in [-0.2, -0.15) is 30.4 Å². The van der Waals surface area contributed by atoms with Gasteiger partial charge < -0.3 is 9.47 Å². The predicted molar refractivity (Wildman–Crippen MR) is 90.6 cm³/mol. The third-order valence-corrected chi connectivity index (χ3v) is 6.57. The summed E-state index contributed by atoms with van der Waals surface area (Å²) in [6.07, 6.45) is -10.2. The van der Waals surface area contributed by atoms with Gasteiger partial charge in [0.25, 0.3) is 6.10 Å². The number of hydrogen-bond acceptors (Lipinski definition) is 6. The zero-order valence-corrected chi connectivity index (χ0v) is 16.8. The molecule has 7 nitrogen and oxygen atoms in total. The van der Waals surface area contributed by atoms with Crippen molar-refractivity contribution in [2.45, 2.75) is 56.7 Å². The highest BCUT2D eigenvalue weighted by molar-refractivity contribution is 7.86. The number of rotatable bonds is 7. The molecule has 172 valence electrons. The number of halogens is 5. The molecule has 0 aromatic rings. The Balaban J connectivity index is 2.32. The fraction of sp³-hybridized carbons (Fsp3) is 0.765. The van der Waals surface area contributed by atoms with Crippen molar-refractivity contribution in [3.05, 3.63) is 12.2 Å². The van der Waals surface area contributed by atoms with Crippen LogP contribution in [0.3, 0.4) is 0 Å². The number of esters is 2. The smallest absolute Gasteiger partial charge is 0.432 e. The summed E-state index contributed by atoms with van der Waals surface area (Å²) in [5, 5.41) is -5.80. The molecule has 30 heavy (non-hydrogen) atoms. The van der Waals surface area contributed by atoms with Gasteiger partial charge in [-0.25, -0.2) is 4.79 Å². The quantitative estimate of drug-likeness (QED) is 0.267. The molecule has 2 bridgehead atoms. The Morgan fingerprint density at radius 3 is 2.13 bits per heavy atom. The van der Waals surface area contributed by atoms with E-state index in [4.69, 9.17) is 9.29 Å². The predicted octanol–water partition coefficient (Wildman–Crippen LogP) is 3.11. The molecule has 2 rings (SSSR count). The summed E-state index contributed by atoms with van der Waals surface area (Å²) in [5.74, 6) is -5.54. The topological polar surface area (TPSA) is 107 Å². The van der Waals surface area contributed by atoms with E-state index in [-0.39, 0.29) is 18.4 Å². The van der Waals surface area contributed by atoms with Gasteiger partial charge in [0.15, 0.2) is 0 Å². The van der Waals surface area contributed by atoms with Crippen molar-refractivity contribution in [2.24, 2.45) is 23.7 Å². The molecule has 13 heteroatoms. The van der Waals surface area contributed by atoms with Gasteiger partial charge in [-0.15, -0.1) is 0 Å². The van der Waals surface area contributed by atoms with Crippen LogP contribution in [0.2, 0.25) is 0 Å². The molecule has 1 N–H and O–H groups in total. The second-order valence-electron chi connectivity index (χ2n) is 7.55. The molecule has 6 unspecified atom stereocenters. The fourth-order valence-corrected chi connectivity index (χ4v) is 4.87. The molecule has 0 heterocycles. The van der Waals surface area contributed by atoms with E-state index in [0.29, 0.717) is 6.42 Å². The molecule has 0 aliphatic heterocycles. The first-order valence-corrected chi connectivity index (χ1v) is 10.5. The van der Waals surface area contributed by atoms with E-state index in [9.17, 15) is 40.0 Å². The van der Waals surface area contributed by atoms with Gasteiger partial charge in [0, 0.05) is 11.5 Å². The van der Waals surface area contributed by atoms with Crippen LogP contribution in [-0.2, 0) is 29.2 Å². The molecule has 2 aliphatic rings. The van der Waals surface area contributed by atoms with Crippen LogP contribution >= 0.6 is 0 Å². The molecule has 2 saturated carbocycles. The van der Waals surface area contributed by atoms with Crippen molar-refractivity contribution in [1.82, 2.24) is 0 Å². The van der Waals surface area contributed by atoms with Crippen LogP contribution < -0.4 is 0 Å². The molecule has 6 atom stereocenters. The molecule has 0 spiro atoms. The van der Waals surface area contributed by atoms with Crippen molar-refractivity contribution in [3.63, 3.8) is 0 Å². The molecule has 2 fully saturated rings. The lowest BCUT2D eigenvalue weighted by Crippen LogP contribution is -2.53. The van der Waals surface area contributed by atoms with Gasteiger partial charge in [-0.05, 0) is 31.6 Å². The Morgan fingerprint density at radius 2 is 1.70 bits per heavy atom. The van der Waals surface area contributed by atoms with Crippen LogP contribution in [0.1, 0.15) is 33.1 Å². The zero-order chi connectivity index (χ0) is 23.2. The normalized spacial score (nSPS) is 30.1. The Hall–Kier alpha value is -1.76. The minimum Gasteiger partial charge on any atom is -0.458 e. The molecule has 0 saturated heterocycles. The maximum Gasteiger partial charge on any atom is 0.432 e. The number of carbonyl (C=O) groups is 2. The molecule has 0 amide bonds. The van der Waals surface area contributed by atoms with Gasteiger partial charge in [0.2, 0.25) is 0 Å². The molecule has 0 radical (unpaired) electrons. The van der Waals surface area contributed by atoms with Crippen molar-refractivity contribution in [3.8, 4) is 0 Å². The molecule has 0 aromatic carbocycles. The first kappa shape index (κ1) is 24.5. The summed E-state index contributed by atoms with van der Waals surface area (Å²) in [6.45, 7) is 6.43.